The van der Waals surface area contributed by atoms with E-state index < -0.39 is 445 Å². The number of ether oxygens (including phenoxy) is 21. The number of hydrogen-bond donors (Lipinski definition) is 34. The fourth-order valence-electron chi connectivity index (χ4n) is 18.4. The fraction of sp³-hybridized carbons (Fsp3) is 0.912. The number of rotatable bonds is 37. The van der Waals surface area contributed by atoms with E-state index in [0.29, 0.717) is 0 Å². The summed E-state index contributed by atoms with van der Waals surface area (Å²) in [4.78, 5) is 90.5. The topological polar surface area (TPSA) is 944 Å². The Morgan fingerprint density at radius 3 is 0.831 bits per heavy atom. The van der Waals surface area contributed by atoms with Crippen molar-refractivity contribution in [2.24, 2.45) is 0 Å². The van der Waals surface area contributed by atoms with Gasteiger partial charge in [0, 0.05) is 48.5 Å². The van der Waals surface area contributed by atoms with Gasteiger partial charge in [-0.15, -0.1) is 0 Å². The molecule has 0 aliphatic carbocycles. The van der Waals surface area contributed by atoms with Crippen LogP contribution in [0, 0.1) is 0 Å². The van der Waals surface area contributed by atoms with Crippen LogP contribution in [0.15, 0.2) is 0 Å². The minimum Gasteiger partial charge on any atom is -0.394 e. The fourth-order valence-corrected chi connectivity index (χ4v) is 18.4. The molecule has 11 rings (SSSR count). The van der Waals surface area contributed by atoms with E-state index in [1.807, 2.05) is 0 Å². The molecular weight excluding hydrogens is 1940 g/mol. The van der Waals surface area contributed by atoms with Crippen LogP contribution in [-0.2, 0) is 133 Å². The Kier molecular flexibility index (Phi) is 42.1. The first-order valence-electron chi connectivity index (χ1n) is 45.5. The second-order valence-corrected chi connectivity index (χ2v) is 36.0. The van der Waals surface area contributed by atoms with E-state index in [0.717, 1.165) is 48.5 Å². The Balaban J connectivity index is 1.01. The zero-order valence-corrected chi connectivity index (χ0v) is 77.3. The van der Waals surface area contributed by atoms with Gasteiger partial charge < -0.3 is 275 Å². The molecule has 11 fully saturated rings. The zero-order valence-electron chi connectivity index (χ0n) is 77.3. The summed E-state index contributed by atoms with van der Waals surface area (Å²) in [7, 11) is 0. The Morgan fingerprint density at radius 1 is 0.197 bits per heavy atom. The maximum atomic E-state index is 13.5. The summed E-state index contributed by atoms with van der Waals surface area (Å²) in [6.07, 6.45) is -103. The first-order chi connectivity index (χ1) is 67.0. The van der Waals surface area contributed by atoms with Crippen molar-refractivity contribution in [2.75, 3.05) is 66.1 Å². The first-order valence-corrected chi connectivity index (χ1v) is 45.5. The van der Waals surface area contributed by atoms with Crippen molar-refractivity contribution in [3.63, 3.8) is 0 Å². The van der Waals surface area contributed by atoms with Gasteiger partial charge in [0.05, 0.1) is 72.2 Å². The van der Waals surface area contributed by atoms with E-state index in [-0.39, 0.29) is 0 Å². The van der Waals surface area contributed by atoms with E-state index in [1.54, 1.807) is 0 Å². The van der Waals surface area contributed by atoms with Crippen molar-refractivity contribution in [1.82, 2.24) is 37.2 Å². The third kappa shape index (κ3) is 26.7. The third-order valence-electron chi connectivity index (χ3n) is 25.7. The van der Waals surface area contributed by atoms with Gasteiger partial charge in [-0.2, -0.15) is 0 Å². The van der Waals surface area contributed by atoms with Crippen molar-refractivity contribution in [1.29, 1.82) is 0 Å². The number of carbonyl (C=O) groups is 7. The highest BCUT2D eigenvalue weighted by molar-refractivity contribution is 5.75. The molecule has 55 atom stereocenters. The lowest BCUT2D eigenvalue weighted by molar-refractivity contribution is -0.405. The molecule has 62 nitrogen and oxygen atoms in total. The summed E-state index contributed by atoms with van der Waals surface area (Å²) in [6.45, 7) is -3.64. The van der Waals surface area contributed by atoms with Gasteiger partial charge in [0.1, 0.15) is 262 Å². The lowest BCUT2D eigenvalue weighted by Gasteiger charge is -2.52. The first kappa shape index (κ1) is 117. The Labute approximate surface area is 805 Å². The molecule has 0 spiro atoms. The van der Waals surface area contributed by atoms with Gasteiger partial charge in [-0.05, 0) is 6.92 Å². The minimum atomic E-state index is -2.79. The van der Waals surface area contributed by atoms with Crippen LogP contribution in [0.1, 0.15) is 55.4 Å². The molecule has 7 amide bonds. The molecule has 11 saturated heterocycles. The van der Waals surface area contributed by atoms with Gasteiger partial charge in [-0.25, -0.2) is 0 Å². The number of hydrogen-bond acceptors (Lipinski definition) is 55. The smallest absolute Gasteiger partial charge is 0.217 e. The van der Waals surface area contributed by atoms with Gasteiger partial charge in [0.25, 0.3) is 0 Å². The van der Waals surface area contributed by atoms with Gasteiger partial charge in [-0.3, -0.25) is 33.6 Å². The quantitative estimate of drug-likeness (QED) is 0.0275. The summed E-state index contributed by atoms with van der Waals surface area (Å²) in [5, 5.41) is 326. The molecule has 0 unspecified atom stereocenters. The highest BCUT2D eigenvalue weighted by Crippen LogP contribution is 2.42. The number of carbonyl (C=O) groups excluding carboxylic acids is 7. The third-order valence-corrected chi connectivity index (χ3v) is 25.7. The van der Waals surface area contributed by atoms with Crippen molar-refractivity contribution in [2.45, 2.75) is 393 Å². The molecule has 0 saturated carbocycles. The van der Waals surface area contributed by atoms with Crippen LogP contribution >= 0.6 is 0 Å². The maximum absolute atomic E-state index is 13.5. The number of aliphatic hydroxyl groups is 27. The molecule has 11 aliphatic rings. The average molecular weight is 2070 g/mol. The molecule has 11 aliphatic heterocycles. The van der Waals surface area contributed by atoms with Crippen LogP contribution in [0.4, 0.5) is 0 Å². The Hall–Kier alpha value is -5.63. The second kappa shape index (κ2) is 51.3. The summed E-state index contributed by atoms with van der Waals surface area (Å²) >= 11 is 0. The van der Waals surface area contributed by atoms with Gasteiger partial charge >= 0.3 is 0 Å². The molecule has 11 heterocycles. The van der Waals surface area contributed by atoms with Crippen molar-refractivity contribution in [3.8, 4) is 0 Å². The standard InChI is InChI=1S/C80H133N7O55/c1-19-44(102)58(116)60(118)77(125-19)123-18-36-66(55(113)37(70(121)126-36)81-20(2)95)138-75-42(86-25(7)100)57(115)64(32(14-93)131-75)139-78-62(120)67(50(108)35(134-78)17-124-79-68(141-74-41(85-24(6)99)54(112)48(106)30(12-91)130-74)59(117)49(107)34(135-79)16-122-71-38(82-21(3)96)51(109)45(103)27(9-88)127-71)140-80-69(61(119)65(33(15-94)133-80)137-73-40(84-23(5)98)53(111)47(105)29(11-90)129-73)142-76-43(87-26(8)101)56(114)63(31(13-92)132-76)136-72-39(83-22(4)97)52(110)46(104)28(10-89)128-72/h19,27-80,88-94,102-121H,9-18H2,1-8H3,(H,81,95)(H,82,96)(H,83,97)(H,84,98)(H,85,99)(H,86,100)(H,87,101)/t19-,27+,28+,29+,30+,31+,32+,33+,34+,35+,36+,37+,38+,39+,40+,41+,42+,43+,44+,45+,46-,47+,48+,49+,50+,51+,52+,53+,54+,55+,56+,57+,58+,59-,60-,61-,62-,63+,64+,65+,66+,67-,68-,69-,70+,71+,72-,73-,74-,75-,76-,77+,78-,79-,80+/m0/s1. The van der Waals surface area contributed by atoms with Crippen LogP contribution in [0.5, 0.6) is 0 Å². The molecule has 62 heteroatoms. The predicted octanol–water partition coefficient (Wildman–Crippen LogP) is -22.9. The Morgan fingerprint density at radius 2 is 0.451 bits per heavy atom. The summed E-state index contributed by atoms with van der Waals surface area (Å²) < 4.78 is 128. The largest absolute Gasteiger partial charge is 0.394 e. The van der Waals surface area contributed by atoms with Gasteiger partial charge in [0.2, 0.25) is 41.4 Å². The van der Waals surface area contributed by atoms with Crippen LogP contribution in [0.25, 0.3) is 0 Å². The highest BCUT2D eigenvalue weighted by atomic mass is 16.8. The highest BCUT2D eigenvalue weighted by Gasteiger charge is 2.63. The lowest BCUT2D eigenvalue weighted by Crippen LogP contribution is -2.71. The molecular formula is C80H133N7O55. The van der Waals surface area contributed by atoms with Crippen molar-refractivity contribution >= 4 is 41.4 Å². The summed E-state index contributed by atoms with van der Waals surface area (Å²) in [5.74, 6) is -6.57. The van der Waals surface area contributed by atoms with E-state index in [1.165, 1.54) is 6.92 Å². The maximum Gasteiger partial charge on any atom is 0.217 e. The van der Waals surface area contributed by atoms with Crippen LogP contribution in [0.3, 0.4) is 0 Å². The van der Waals surface area contributed by atoms with E-state index in [9.17, 15) is 171 Å². The molecule has 0 bridgehead atoms. The van der Waals surface area contributed by atoms with Crippen molar-refractivity contribution < 1.29 is 271 Å². The van der Waals surface area contributed by atoms with Crippen LogP contribution in [0.2, 0.25) is 0 Å². The van der Waals surface area contributed by atoms with E-state index in [4.69, 9.17) is 99.5 Å². The molecule has 34 N–H and O–H groups in total. The Bertz CT molecular complexity index is 4030. The van der Waals surface area contributed by atoms with Crippen LogP contribution in [-0.4, -0.2) is 583 Å². The van der Waals surface area contributed by atoms with E-state index >= 15 is 0 Å². The molecule has 0 aromatic rings. The number of amides is 7. The van der Waals surface area contributed by atoms with E-state index in [2.05, 4.69) is 37.2 Å². The SMILES string of the molecule is CC(=O)N[C@@H]1[C@@H](O)[C@H](O[C@@H]2O[C@H](CO)[C@@H](O[C@@H]3O[C@H](CO[C@H]4O[C@H](CO[C@@H]5O[C@H](CO)[C@@H](O)[C@H](O)[C@H]5NC(C)=O)[C@@H](O)[C@H](O)[C@@H]4O[C@@H]4O[C@H](CO)[C@@H](O)[C@H](O)[C@H]4NC(C)=O)[C@@H](O)[C@H](O[C@H]4O[C@H](CO)[C@@H](O[C@@H]5O[C@H](CO)[C@@H](O)[C@H](O)[C@H]5NC(C)=O)[C@H](O)[C@@H]4O[C@@H]4O[C@H](CO)[C@@H](O[C@@H]5O[C@H](CO)[C@H](O)[C@H](O)[C@H]5NC(C)=O)[C@H](O)[C@H]4NC(C)=O)[C@@H]3O)[C@H](O)[C@H]2NC(C)=O)[C@@H](CO[C@@H]2O[C@@H](C)[C@@H](O)[C@@H](O)[C@@H]2O)O[C@H]1O. The summed E-state index contributed by atoms with van der Waals surface area (Å²) in [6, 6.07) is -13.3. The molecule has 0 radical (unpaired) electrons. The lowest BCUT2D eigenvalue weighted by atomic mass is 9.93. The molecule has 818 valence electrons. The average Bonchev–Trinajstić information content (AvgIpc) is 0.758. The number of aliphatic hydroxyl groups excluding tert-OH is 27. The molecule has 0 aromatic heterocycles. The second-order valence-electron chi connectivity index (χ2n) is 36.0. The summed E-state index contributed by atoms with van der Waals surface area (Å²) in [5.41, 5.74) is 0. The normalized spacial score (nSPS) is 47.5. The zero-order chi connectivity index (χ0) is 105. The molecule has 0 aromatic carbocycles. The molecule has 142 heavy (non-hydrogen) atoms. The van der Waals surface area contributed by atoms with Crippen LogP contribution < -0.4 is 37.2 Å². The predicted molar refractivity (Wildman–Crippen MR) is 442 cm³/mol. The van der Waals surface area contributed by atoms with Crippen molar-refractivity contribution in [3.05, 3.63) is 0 Å². The monoisotopic (exact) mass is 2070 g/mol. The number of nitrogens with one attached hydrogen (secondary N) is 7. The van der Waals surface area contributed by atoms with Gasteiger partial charge in [-0.1, -0.05) is 0 Å². The van der Waals surface area contributed by atoms with Gasteiger partial charge in [0.15, 0.2) is 69.2 Å². The minimum absolute atomic E-state index is 0.843.